The number of hydrogen-bond acceptors (Lipinski definition) is 4. The van der Waals surface area contributed by atoms with E-state index < -0.39 is 0 Å². The van der Waals surface area contributed by atoms with Gasteiger partial charge in [0, 0.05) is 56.5 Å². The van der Waals surface area contributed by atoms with Crippen LogP contribution in [0.5, 0.6) is 0 Å². The zero-order chi connectivity index (χ0) is 17.0. The third kappa shape index (κ3) is 3.75. The largest absolute Gasteiger partial charge is 0.356 e. The first kappa shape index (κ1) is 16.9. The second-order valence-electron chi connectivity index (χ2n) is 6.88. The number of likely N-dealkylation sites (N-methyl/N-ethyl adjacent to an activating group) is 1. The lowest BCUT2D eigenvalue weighted by atomic mass is 9.86. The fraction of sp³-hybridized carbons (Fsp3) is 0.611. The molecule has 2 aliphatic rings. The topological polar surface area (TPSA) is 65.5 Å². The molecular weight excluding hydrogens is 304 g/mol. The van der Waals surface area contributed by atoms with E-state index in [1.807, 2.05) is 23.1 Å². The van der Waals surface area contributed by atoms with Gasteiger partial charge in [0.1, 0.15) is 0 Å². The fourth-order valence-corrected chi connectivity index (χ4v) is 3.75. The first-order valence-corrected chi connectivity index (χ1v) is 8.75. The molecule has 1 spiro atoms. The molecular formula is C18H26N4O2. The molecule has 2 aliphatic heterocycles. The molecule has 0 bridgehead atoms. The zero-order valence-electron chi connectivity index (χ0n) is 14.3. The maximum atomic E-state index is 12.7. The molecule has 1 aromatic rings. The Hall–Kier alpha value is -1.95. The Morgan fingerprint density at radius 1 is 1.33 bits per heavy atom. The molecule has 0 unspecified atom stereocenters. The van der Waals surface area contributed by atoms with Crippen molar-refractivity contribution in [2.75, 3.05) is 33.2 Å². The van der Waals surface area contributed by atoms with Gasteiger partial charge in [-0.15, -0.1) is 0 Å². The van der Waals surface area contributed by atoms with Gasteiger partial charge in [0.25, 0.3) is 0 Å². The Balaban J connectivity index is 1.62. The molecule has 24 heavy (non-hydrogen) atoms. The van der Waals surface area contributed by atoms with Gasteiger partial charge in [-0.25, -0.2) is 0 Å². The van der Waals surface area contributed by atoms with Crippen molar-refractivity contribution in [1.82, 2.24) is 20.1 Å². The molecule has 3 heterocycles. The van der Waals surface area contributed by atoms with Crippen molar-refractivity contribution < 1.29 is 9.59 Å². The SMILES string of the molecule is CN1CCN(C(=O)CCc2ccccn2)C[C@]12CCNC(=O)CC2. The van der Waals surface area contributed by atoms with Crippen molar-refractivity contribution in [3.05, 3.63) is 30.1 Å². The summed E-state index contributed by atoms with van der Waals surface area (Å²) >= 11 is 0. The monoisotopic (exact) mass is 330 g/mol. The van der Waals surface area contributed by atoms with Gasteiger partial charge < -0.3 is 10.2 Å². The van der Waals surface area contributed by atoms with Crippen molar-refractivity contribution in [1.29, 1.82) is 0 Å². The van der Waals surface area contributed by atoms with Crippen LogP contribution in [-0.2, 0) is 16.0 Å². The third-order valence-corrected chi connectivity index (χ3v) is 5.40. The Kier molecular flexibility index (Phi) is 5.14. The van der Waals surface area contributed by atoms with Gasteiger partial charge in [0.15, 0.2) is 0 Å². The fourth-order valence-electron chi connectivity index (χ4n) is 3.75. The molecule has 1 N–H and O–H groups in total. The lowest BCUT2D eigenvalue weighted by molar-refractivity contribution is -0.136. The zero-order valence-corrected chi connectivity index (χ0v) is 14.3. The quantitative estimate of drug-likeness (QED) is 0.891. The molecule has 2 fully saturated rings. The van der Waals surface area contributed by atoms with Crippen LogP contribution in [0.15, 0.2) is 24.4 Å². The minimum absolute atomic E-state index is 0.0714. The molecule has 6 nitrogen and oxygen atoms in total. The van der Waals surface area contributed by atoms with Gasteiger partial charge in [-0.2, -0.15) is 0 Å². The number of amides is 2. The van der Waals surface area contributed by atoms with Crippen LogP contribution in [-0.4, -0.2) is 65.4 Å². The highest BCUT2D eigenvalue weighted by Crippen LogP contribution is 2.30. The standard InChI is InChI=1S/C18H26N4O2/c1-21-12-13-22(14-18(21)8-7-16(23)20-11-9-18)17(24)6-5-15-4-2-3-10-19-15/h2-4,10H,5-9,11-14H2,1H3,(H,20,23)/t18-/m0/s1. The number of hydrogen-bond donors (Lipinski definition) is 1. The van der Waals surface area contributed by atoms with Crippen LogP contribution in [0.2, 0.25) is 0 Å². The van der Waals surface area contributed by atoms with E-state index in [0.717, 1.165) is 38.2 Å². The number of carbonyl (C=O) groups is 2. The summed E-state index contributed by atoms with van der Waals surface area (Å²) < 4.78 is 0. The van der Waals surface area contributed by atoms with Gasteiger partial charge >= 0.3 is 0 Å². The summed E-state index contributed by atoms with van der Waals surface area (Å²) in [6.45, 7) is 3.04. The summed E-state index contributed by atoms with van der Waals surface area (Å²) in [6, 6.07) is 5.80. The normalized spacial score (nSPS) is 25.4. The molecule has 0 aromatic carbocycles. The van der Waals surface area contributed by atoms with Gasteiger partial charge in [0.2, 0.25) is 11.8 Å². The third-order valence-electron chi connectivity index (χ3n) is 5.40. The molecule has 2 amide bonds. The van der Waals surface area contributed by atoms with E-state index >= 15 is 0 Å². The van der Waals surface area contributed by atoms with E-state index in [-0.39, 0.29) is 17.4 Å². The number of nitrogens with zero attached hydrogens (tertiary/aromatic N) is 3. The first-order chi connectivity index (χ1) is 11.6. The Bertz CT molecular complexity index is 592. The summed E-state index contributed by atoms with van der Waals surface area (Å²) in [6.07, 6.45) is 5.20. The number of nitrogens with one attached hydrogen (secondary N) is 1. The van der Waals surface area contributed by atoms with E-state index in [4.69, 9.17) is 0 Å². The molecule has 0 aliphatic carbocycles. The van der Waals surface area contributed by atoms with Crippen molar-refractivity contribution in [3.63, 3.8) is 0 Å². The summed E-state index contributed by atoms with van der Waals surface area (Å²) in [5.74, 6) is 0.315. The second kappa shape index (κ2) is 7.30. The van der Waals surface area contributed by atoms with Crippen molar-refractivity contribution in [3.8, 4) is 0 Å². The predicted octanol–water partition coefficient (Wildman–Crippen LogP) is 0.827. The van der Waals surface area contributed by atoms with Crippen LogP contribution in [0, 0.1) is 0 Å². The smallest absolute Gasteiger partial charge is 0.223 e. The van der Waals surface area contributed by atoms with Gasteiger partial charge in [0.05, 0.1) is 0 Å². The van der Waals surface area contributed by atoms with Gasteiger partial charge in [-0.3, -0.25) is 19.5 Å². The molecule has 0 radical (unpaired) electrons. The molecule has 2 saturated heterocycles. The minimum atomic E-state index is -0.0714. The Morgan fingerprint density at radius 2 is 2.21 bits per heavy atom. The molecule has 130 valence electrons. The second-order valence-corrected chi connectivity index (χ2v) is 6.88. The predicted molar refractivity (Wildman–Crippen MR) is 91.4 cm³/mol. The van der Waals surface area contributed by atoms with Crippen LogP contribution in [0.3, 0.4) is 0 Å². The molecule has 0 saturated carbocycles. The maximum absolute atomic E-state index is 12.7. The maximum Gasteiger partial charge on any atom is 0.223 e. The van der Waals surface area contributed by atoms with E-state index in [9.17, 15) is 9.59 Å². The number of aryl methyl sites for hydroxylation is 1. The highest BCUT2D eigenvalue weighted by Gasteiger charge is 2.41. The number of pyridine rings is 1. The van der Waals surface area contributed by atoms with Crippen LogP contribution >= 0.6 is 0 Å². The summed E-state index contributed by atoms with van der Waals surface area (Å²) in [4.78, 5) is 32.9. The van der Waals surface area contributed by atoms with Crippen molar-refractivity contribution >= 4 is 11.8 Å². The van der Waals surface area contributed by atoms with E-state index in [1.165, 1.54) is 0 Å². The van der Waals surface area contributed by atoms with Crippen molar-refractivity contribution in [2.24, 2.45) is 0 Å². The average molecular weight is 330 g/mol. The lowest BCUT2D eigenvalue weighted by Gasteiger charge is -2.49. The van der Waals surface area contributed by atoms with Crippen LogP contribution in [0.4, 0.5) is 0 Å². The number of carbonyl (C=O) groups excluding carboxylic acids is 2. The van der Waals surface area contributed by atoms with Gasteiger partial charge in [-0.05, 0) is 38.4 Å². The Labute approximate surface area is 143 Å². The number of piperazine rings is 1. The highest BCUT2D eigenvalue weighted by atomic mass is 16.2. The van der Waals surface area contributed by atoms with Crippen molar-refractivity contribution in [2.45, 2.75) is 37.6 Å². The minimum Gasteiger partial charge on any atom is -0.356 e. The molecule has 3 rings (SSSR count). The lowest BCUT2D eigenvalue weighted by Crippen LogP contribution is -2.62. The number of rotatable bonds is 3. The number of aromatic nitrogens is 1. The van der Waals surface area contributed by atoms with Crippen LogP contribution in [0.25, 0.3) is 0 Å². The van der Waals surface area contributed by atoms with Gasteiger partial charge in [-0.1, -0.05) is 6.07 Å². The Morgan fingerprint density at radius 3 is 3.00 bits per heavy atom. The highest BCUT2D eigenvalue weighted by molar-refractivity contribution is 5.77. The first-order valence-electron chi connectivity index (χ1n) is 8.75. The summed E-state index contributed by atoms with van der Waals surface area (Å²) in [7, 11) is 2.12. The molecule has 1 aromatic heterocycles. The van der Waals surface area contributed by atoms with E-state index in [2.05, 4.69) is 22.2 Å². The molecule has 6 heteroatoms. The molecule has 1 atom stereocenters. The summed E-state index contributed by atoms with van der Waals surface area (Å²) in [5, 5.41) is 2.95. The van der Waals surface area contributed by atoms with Crippen LogP contribution in [0.1, 0.15) is 31.4 Å². The van der Waals surface area contributed by atoms with E-state index in [1.54, 1.807) is 6.20 Å². The van der Waals surface area contributed by atoms with Crippen LogP contribution < -0.4 is 5.32 Å². The summed E-state index contributed by atoms with van der Waals surface area (Å²) in [5.41, 5.74) is 0.886. The van der Waals surface area contributed by atoms with E-state index in [0.29, 0.717) is 25.8 Å². The average Bonchev–Trinajstić information content (AvgIpc) is 2.79.